The predicted molar refractivity (Wildman–Crippen MR) is 36.2 cm³/mol. The molecule has 4 nitrogen and oxygen atoms in total. The summed E-state index contributed by atoms with van der Waals surface area (Å²) >= 11 is 0. The van der Waals surface area contributed by atoms with Gasteiger partial charge in [-0.1, -0.05) is 0 Å². The number of hydrogen-bond acceptors (Lipinski definition) is 4. The molecule has 0 aliphatic carbocycles. The van der Waals surface area contributed by atoms with E-state index in [1.165, 1.54) is 0 Å². The van der Waals surface area contributed by atoms with E-state index in [4.69, 9.17) is 22.9 Å². The van der Waals surface area contributed by atoms with Gasteiger partial charge in [0.05, 0.1) is 0 Å². The van der Waals surface area contributed by atoms with Crippen molar-refractivity contribution >= 4 is 0 Å². The molecule has 0 heterocycles. The molecule has 5 heteroatoms. The Balaban J connectivity index is -0.0000000720. The molecule has 60 valence electrons. The van der Waals surface area contributed by atoms with Crippen LogP contribution in [0, 0.1) is 0 Å². The van der Waals surface area contributed by atoms with Crippen molar-refractivity contribution in [1.29, 1.82) is 0 Å². The molecule has 0 saturated heterocycles. The molecule has 0 amide bonds. The molecule has 0 aliphatic rings. The number of rotatable bonds is 2. The van der Waals surface area contributed by atoms with E-state index in [0.29, 0.717) is 26.2 Å². The molecular weight excluding hydrogens is 299 g/mol. The molecule has 0 aromatic rings. The SMILES string of the molecule is NCCN.NCCN.[Pt+2]. The molecule has 8 N–H and O–H groups in total. The van der Waals surface area contributed by atoms with Gasteiger partial charge in [0.25, 0.3) is 0 Å². The van der Waals surface area contributed by atoms with Gasteiger partial charge in [0.1, 0.15) is 0 Å². The summed E-state index contributed by atoms with van der Waals surface area (Å²) in [4.78, 5) is 0. The summed E-state index contributed by atoms with van der Waals surface area (Å²) in [6.07, 6.45) is 0. The topological polar surface area (TPSA) is 104 Å². The Bertz CT molecular complexity index is 20.5. The molecule has 0 aromatic carbocycles. The van der Waals surface area contributed by atoms with Crippen LogP contribution in [-0.4, -0.2) is 26.2 Å². The van der Waals surface area contributed by atoms with Crippen molar-refractivity contribution in [3.63, 3.8) is 0 Å². The minimum absolute atomic E-state index is 0. The molecular formula is C4H16N4Pt+2. The summed E-state index contributed by atoms with van der Waals surface area (Å²) in [5.41, 5.74) is 19.6. The Morgan fingerprint density at radius 1 is 0.556 bits per heavy atom. The Labute approximate surface area is 70.6 Å². The summed E-state index contributed by atoms with van der Waals surface area (Å²) in [7, 11) is 0. The fourth-order valence-corrected chi connectivity index (χ4v) is 0. The third-order valence-electron chi connectivity index (χ3n) is 0.333. The van der Waals surface area contributed by atoms with Gasteiger partial charge in [0.15, 0.2) is 0 Å². The summed E-state index contributed by atoms with van der Waals surface area (Å²) in [6.45, 7) is 2.39. The van der Waals surface area contributed by atoms with Crippen LogP contribution in [0.3, 0.4) is 0 Å². The van der Waals surface area contributed by atoms with Gasteiger partial charge in [-0.25, -0.2) is 0 Å². The van der Waals surface area contributed by atoms with Crippen molar-refractivity contribution in [2.75, 3.05) is 26.2 Å². The summed E-state index contributed by atoms with van der Waals surface area (Å²) in [6, 6.07) is 0. The predicted octanol–water partition coefficient (Wildman–Crippen LogP) is -2.19. The van der Waals surface area contributed by atoms with E-state index >= 15 is 0 Å². The van der Waals surface area contributed by atoms with E-state index < -0.39 is 0 Å². The Morgan fingerprint density at radius 2 is 0.667 bits per heavy atom. The van der Waals surface area contributed by atoms with Gasteiger partial charge >= 0.3 is 21.1 Å². The quantitative estimate of drug-likeness (QED) is 0.464. The minimum Gasteiger partial charge on any atom is -0.329 e. The zero-order chi connectivity index (χ0) is 6.83. The maximum Gasteiger partial charge on any atom is 2.00 e. The van der Waals surface area contributed by atoms with Crippen molar-refractivity contribution in [2.24, 2.45) is 22.9 Å². The van der Waals surface area contributed by atoms with Crippen LogP contribution in [0.1, 0.15) is 0 Å². The van der Waals surface area contributed by atoms with Crippen LogP contribution in [0.4, 0.5) is 0 Å². The molecule has 0 atom stereocenters. The van der Waals surface area contributed by atoms with Crippen molar-refractivity contribution in [3.8, 4) is 0 Å². The van der Waals surface area contributed by atoms with Crippen LogP contribution in [-0.2, 0) is 21.1 Å². The first kappa shape index (κ1) is 16.3. The van der Waals surface area contributed by atoms with E-state index in [2.05, 4.69) is 0 Å². The summed E-state index contributed by atoms with van der Waals surface area (Å²) in [5.74, 6) is 0. The monoisotopic (exact) mass is 315 g/mol. The van der Waals surface area contributed by atoms with Crippen molar-refractivity contribution in [1.82, 2.24) is 0 Å². The van der Waals surface area contributed by atoms with Gasteiger partial charge < -0.3 is 22.9 Å². The van der Waals surface area contributed by atoms with Crippen LogP contribution in [0.25, 0.3) is 0 Å². The molecule has 9 heavy (non-hydrogen) atoms. The zero-order valence-corrected chi connectivity index (χ0v) is 7.73. The van der Waals surface area contributed by atoms with Gasteiger partial charge in [-0.2, -0.15) is 0 Å². The number of hydrogen-bond donors (Lipinski definition) is 4. The molecule has 0 bridgehead atoms. The molecule has 0 saturated carbocycles. The zero-order valence-electron chi connectivity index (χ0n) is 5.45. The van der Waals surface area contributed by atoms with Crippen molar-refractivity contribution < 1.29 is 21.1 Å². The van der Waals surface area contributed by atoms with Gasteiger partial charge in [-0.3, -0.25) is 0 Å². The van der Waals surface area contributed by atoms with E-state index in [0.717, 1.165) is 0 Å². The second-order valence-electron chi connectivity index (χ2n) is 1.15. The maximum absolute atomic E-state index is 4.90. The normalized spacial score (nSPS) is 6.67. The maximum atomic E-state index is 4.90. The fourth-order valence-electron chi connectivity index (χ4n) is 0. The smallest absolute Gasteiger partial charge is 0.329 e. The molecule has 0 radical (unpaired) electrons. The summed E-state index contributed by atoms with van der Waals surface area (Å²) in [5, 5.41) is 0. The molecule has 0 rings (SSSR count). The largest absolute Gasteiger partial charge is 2.00 e. The second-order valence-corrected chi connectivity index (χ2v) is 1.15. The first-order valence-electron chi connectivity index (χ1n) is 2.63. The minimum atomic E-state index is 0. The van der Waals surface area contributed by atoms with Crippen LogP contribution >= 0.6 is 0 Å². The van der Waals surface area contributed by atoms with Crippen molar-refractivity contribution in [2.45, 2.75) is 0 Å². The van der Waals surface area contributed by atoms with Gasteiger partial charge in [-0.15, -0.1) is 0 Å². The second kappa shape index (κ2) is 23.6. The van der Waals surface area contributed by atoms with Gasteiger partial charge in [0.2, 0.25) is 0 Å². The Morgan fingerprint density at radius 3 is 0.667 bits per heavy atom. The van der Waals surface area contributed by atoms with E-state index in [1.54, 1.807) is 0 Å². The molecule has 0 aromatic heterocycles. The molecule has 0 spiro atoms. The standard InChI is InChI=1S/2C2H8N2.Pt/c2*3-1-2-4;/h2*1-4H2;/q;;+2. The molecule has 0 aliphatic heterocycles. The first-order chi connectivity index (χ1) is 3.83. The third kappa shape index (κ3) is 56.9. The van der Waals surface area contributed by atoms with Crippen molar-refractivity contribution in [3.05, 3.63) is 0 Å². The fraction of sp³-hybridized carbons (Fsp3) is 1.00. The Hall–Kier alpha value is 0.528. The Kier molecular flexibility index (Phi) is 42.6. The third-order valence-corrected chi connectivity index (χ3v) is 0.333. The van der Waals surface area contributed by atoms with Crippen LogP contribution in [0.2, 0.25) is 0 Å². The van der Waals surface area contributed by atoms with E-state index in [-0.39, 0.29) is 21.1 Å². The van der Waals surface area contributed by atoms with Crippen LogP contribution in [0.5, 0.6) is 0 Å². The van der Waals surface area contributed by atoms with Crippen LogP contribution < -0.4 is 22.9 Å². The summed E-state index contributed by atoms with van der Waals surface area (Å²) < 4.78 is 0. The van der Waals surface area contributed by atoms with E-state index in [9.17, 15) is 0 Å². The molecule has 0 unspecified atom stereocenters. The van der Waals surface area contributed by atoms with Gasteiger partial charge in [0, 0.05) is 26.2 Å². The average Bonchev–Trinajstić information content (AvgIpc) is 1.88. The van der Waals surface area contributed by atoms with Crippen LogP contribution in [0.15, 0.2) is 0 Å². The average molecular weight is 315 g/mol. The number of nitrogens with two attached hydrogens (primary N) is 4. The van der Waals surface area contributed by atoms with E-state index in [1.807, 2.05) is 0 Å². The van der Waals surface area contributed by atoms with Gasteiger partial charge in [-0.05, 0) is 0 Å². The first-order valence-corrected chi connectivity index (χ1v) is 2.63. The molecule has 0 fully saturated rings.